The maximum absolute atomic E-state index is 12.4. The van der Waals surface area contributed by atoms with Gasteiger partial charge >= 0.3 is 12.6 Å². The average Bonchev–Trinajstić information content (AvgIpc) is 3.05. The van der Waals surface area contributed by atoms with Gasteiger partial charge in [-0.3, -0.25) is 0 Å². The number of carbonyl (C=O) groups excluding carboxylic acids is 1. The van der Waals surface area contributed by atoms with Crippen LogP contribution in [0.1, 0.15) is 24.3 Å². The van der Waals surface area contributed by atoms with E-state index in [1.807, 2.05) is 30.3 Å². The highest BCUT2D eigenvalue weighted by Gasteiger charge is 2.15. The quantitative estimate of drug-likeness (QED) is 0.676. The van der Waals surface area contributed by atoms with Gasteiger partial charge in [0.05, 0.1) is 6.04 Å². The van der Waals surface area contributed by atoms with Gasteiger partial charge in [-0.2, -0.15) is 8.78 Å². The SMILES string of the molecule is C[C@H](NC(=O)NCc1ccccc1OC(F)F)c1cc2ccccc2o1. The lowest BCUT2D eigenvalue weighted by Crippen LogP contribution is -2.36. The van der Waals surface area contributed by atoms with Crippen LogP contribution in [0.3, 0.4) is 0 Å². The zero-order valence-corrected chi connectivity index (χ0v) is 14.0. The third-order valence-electron chi connectivity index (χ3n) is 3.85. The number of ether oxygens (including phenoxy) is 1. The van der Waals surface area contributed by atoms with Crippen molar-refractivity contribution >= 4 is 17.0 Å². The molecule has 0 spiro atoms. The lowest BCUT2D eigenvalue weighted by atomic mass is 10.2. The summed E-state index contributed by atoms with van der Waals surface area (Å²) in [6.45, 7) is -1.06. The van der Waals surface area contributed by atoms with Crippen molar-refractivity contribution in [1.29, 1.82) is 0 Å². The van der Waals surface area contributed by atoms with Crippen LogP contribution >= 0.6 is 0 Å². The maximum atomic E-state index is 12.4. The molecule has 3 rings (SSSR count). The third kappa shape index (κ3) is 4.30. The zero-order chi connectivity index (χ0) is 18.5. The van der Waals surface area contributed by atoms with Crippen LogP contribution in [0.4, 0.5) is 13.6 Å². The molecule has 0 unspecified atom stereocenters. The Morgan fingerprint density at radius 1 is 1.15 bits per heavy atom. The fourth-order valence-electron chi connectivity index (χ4n) is 2.57. The van der Waals surface area contributed by atoms with Gasteiger partial charge in [0.15, 0.2) is 0 Å². The number of fused-ring (bicyclic) bond motifs is 1. The minimum Gasteiger partial charge on any atom is -0.459 e. The van der Waals surface area contributed by atoms with E-state index in [2.05, 4.69) is 15.4 Å². The number of hydrogen-bond acceptors (Lipinski definition) is 3. The summed E-state index contributed by atoms with van der Waals surface area (Å²) >= 11 is 0. The Labute approximate surface area is 148 Å². The summed E-state index contributed by atoms with van der Waals surface area (Å²) in [5.41, 5.74) is 1.20. The molecule has 0 saturated heterocycles. The second-order valence-corrected chi connectivity index (χ2v) is 5.72. The molecule has 1 atom stereocenters. The van der Waals surface area contributed by atoms with Crippen molar-refractivity contribution in [2.24, 2.45) is 0 Å². The second-order valence-electron chi connectivity index (χ2n) is 5.72. The summed E-state index contributed by atoms with van der Waals surface area (Å²) in [5.74, 6) is 0.663. The third-order valence-corrected chi connectivity index (χ3v) is 3.85. The van der Waals surface area contributed by atoms with E-state index >= 15 is 0 Å². The van der Waals surface area contributed by atoms with Crippen LogP contribution in [-0.2, 0) is 6.54 Å². The van der Waals surface area contributed by atoms with Gasteiger partial charge in [-0.1, -0.05) is 36.4 Å². The van der Waals surface area contributed by atoms with E-state index in [1.54, 1.807) is 25.1 Å². The Kier molecular flexibility index (Phi) is 5.36. The molecule has 0 bridgehead atoms. The second kappa shape index (κ2) is 7.86. The summed E-state index contributed by atoms with van der Waals surface area (Å²) < 4.78 is 35.0. The number of nitrogens with one attached hydrogen (secondary N) is 2. The molecule has 1 heterocycles. The molecule has 0 aliphatic carbocycles. The average molecular weight is 360 g/mol. The summed E-state index contributed by atoms with van der Waals surface area (Å²) in [5, 5.41) is 6.34. The molecule has 0 aliphatic rings. The largest absolute Gasteiger partial charge is 0.459 e. The fourth-order valence-corrected chi connectivity index (χ4v) is 2.57. The first kappa shape index (κ1) is 17.7. The predicted molar refractivity (Wildman–Crippen MR) is 93.1 cm³/mol. The molecule has 0 radical (unpaired) electrons. The zero-order valence-electron chi connectivity index (χ0n) is 14.0. The molecular formula is C19H18F2N2O3. The predicted octanol–water partition coefficient (Wildman–Crippen LogP) is 4.59. The van der Waals surface area contributed by atoms with E-state index in [1.165, 1.54) is 6.07 Å². The number of rotatable bonds is 6. The molecule has 0 saturated carbocycles. The van der Waals surface area contributed by atoms with Crippen LogP contribution in [-0.4, -0.2) is 12.6 Å². The molecule has 7 heteroatoms. The lowest BCUT2D eigenvalue weighted by Gasteiger charge is -2.14. The highest BCUT2D eigenvalue weighted by atomic mass is 19.3. The monoisotopic (exact) mass is 360 g/mol. The summed E-state index contributed by atoms with van der Waals surface area (Å²) in [4.78, 5) is 12.1. The minimum atomic E-state index is -2.92. The molecule has 2 amide bonds. The minimum absolute atomic E-state index is 0.0353. The summed E-state index contributed by atoms with van der Waals surface area (Å²) in [7, 11) is 0. The number of halogens is 2. The molecule has 2 aromatic carbocycles. The van der Waals surface area contributed by atoms with E-state index < -0.39 is 12.6 Å². The standard InChI is InChI=1S/C19H18F2N2O3/c1-12(17-10-13-6-2-4-8-15(13)25-17)23-19(24)22-11-14-7-3-5-9-16(14)26-18(20)21/h2-10,12,18H,11H2,1H3,(H2,22,23,24)/t12-/m0/s1. The van der Waals surface area contributed by atoms with Gasteiger partial charge in [0.2, 0.25) is 0 Å². The molecule has 0 aliphatic heterocycles. The van der Waals surface area contributed by atoms with Gasteiger partial charge in [-0.15, -0.1) is 0 Å². The van der Waals surface area contributed by atoms with Gasteiger partial charge in [-0.25, -0.2) is 4.79 Å². The molecule has 1 aromatic heterocycles. The first-order valence-corrected chi connectivity index (χ1v) is 8.08. The van der Waals surface area contributed by atoms with Crippen molar-refractivity contribution in [2.75, 3.05) is 0 Å². The molecule has 26 heavy (non-hydrogen) atoms. The number of benzene rings is 2. The van der Waals surface area contributed by atoms with E-state index in [0.717, 1.165) is 11.0 Å². The highest BCUT2D eigenvalue weighted by molar-refractivity contribution is 5.78. The molecule has 2 N–H and O–H groups in total. The summed E-state index contributed by atoms with van der Waals surface area (Å²) in [6.07, 6.45) is 0. The van der Waals surface area contributed by atoms with Crippen LogP contribution < -0.4 is 15.4 Å². The van der Waals surface area contributed by atoms with Crippen molar-refractivity contribution < 1.29 is 22.7 Å². The van der Waals surface area contributed by atoms with Gasteiger partial charge < -0.3 is 19.8 Å². The van der Waals surface area contributed by atoms with Crippen LogP contribution in [0.25, 0.3) is 11.0 Å². The number of furan rings is 1. The normalized spacial score (nSPS) is 12.2. The fraction of sp³-hybridized carbons (Fsp3) is 0.211. The van der Waals surface area contributed by atoms with Crippen LogP contribution in [0.15, 0.2) is 59.0 Å². The van der Waals surface area contributed by atoms with Gasteiger partial charge in [0.1, 0.15) is 17.1 Å². The molecule has 136 valence electrons. The van der Waals surface area contributed by atoms with Gasteiger partial charge in [0, 0.05) is 17.5 Å². The Hall–Kier alpha value is -3.09. The first-order chi connectivity index (χ1) is 12.5. The molecule has 5 nitrogen and oxygen atoms in total. The topological polar surface area (TPSA) is 63.5 Å². The number of amides is 2. The Bertz CT molecular complexity index is 862. The Balaban J connectivity index is 1.59. The number of urea groups is 1. The Morgan fingerprint density at radius 3 is 2.65 bits per heavy atom. The van der Waals surface area contributed by atoms with Crippen molar-refractivity contribution in [3.05, 3.63) is 65.9 Å². The molecule has 0 fully saturated rings. The van der Waals surface area contributed by atoms with Crippen molar-refractivity contribution in [1.82, 2.24) is 10.6 Å². The van der Waals surface area contributed by atoms with Crippen molar-refractivity contribution in [3.63, 3.8) is 0 Å². The lowest BCUT2D eigenvalue weighted by molar-refractivity contribution is -0.0504. The van der Waals surface area contributed by atoms with Crippen LogP contribution in [0.5, 0.6) is 5.75 Å². The number of carbonyl (C=O) groups is 1. The Morgan fingerprint density at radius 2 is 1.88 bits per heavy atom. The van der Waals surface area contributed by atoms with Crippen molar-refractivity contribution in [2.45, 2.75) is 26.1 Å². The molecule has 3 aromatic rings. The van der Waals surface area contributed by atoms with E-state index in [9.17, 15) is 13.6 Å². The van der Waals surface area contributed by atoms with Gasteiger partial charge in [-0.05, 0) is 25.1 Å². The first-order valence-electron chi connectivity index (χ1n) is 8.08. The maximum Gasteiger partial charge on any atom is 0.387 e. The van der Waals surface area contributed by atoms with Crippen molar-refractivity contribution in [3.8, 4) is 5.75 Å². The van der Waals surface area contributed by atoms with E-state index in [4.69, 9.17) is 4.42 Å². The van der Waals surface area contributed by atoms with E-state index in [0.29, 0.717) is 11.3 Å². The van der Waals surface area contributed by atoms with Crippen LogP contribution in [0.2, 0.25) is 0 Å². The smallest absolute Gasteiger partial charge is 0.387 e. The molecular weight excluding hydrogens is 342 g/mol. The van der Waals surface area contributed by atoms with Crippen LogP contribution in [0, 0.1) is 0 Å². The van der Waals surface area contributed by atoms with E-state index in [-0.39, 0.29) is 18.3 Å². The summed E-state index contributed by atoms with van der Waals surface area (Å²) in [6, 6.07) is 14.9. The number of para-hydroxylation sites is 2. The number of alkyl halides is 2. The van der Waals surface area contributed by atoms with Gasteiger partial charge in [0.25, 0.3) is 0 Å². The highest BCUT2D eigenvalue weighted by Crippen LogP contribution is 2.23. The number of hydrogen-bond donors (Lipinski definition) is 2.